The Hall–Kier alpha value is -1.12. The fourth-order valence-corrected chi connectivity index (χ4v) is 2.25. The first-order valence-corrected chi connectivity index (χ1v) is 5.80. The third-order valence-corrected chi connectivity index (χ3v) is 3.21. The number of morpholine rings is 1. The molecule has 2 saturated heterocycles. The van der Waals surface area contributed by atoms with Gasteiger partial charge in [0.05, 0.1) is 31.9 Å². The molecule has 5 heteroatoms. The molecule has 0 radical (unpaired) electrons. The summed E-state index contributed by atoms with van der Waals surface area (Å²) in [7, 11) is 0. The van der Waals surface area contributed by atoms with Crippen LogP contribution in [0.4, 0.5) is 0 Å². The number of carbonyl (C=O) groups excluding carboxylic acids is 1. The minimum atomic E-state index is -0.0648. The van der Waals surface area contributed by atoms with E-state index < -0.39 is 0 Å². The second kappa shape index (κ2) is 5.28. The van der Waals surface area contributed by atoms with E-state index in [9.17, 15) is 4.79 Å². The van der Waals surface area contributed by atoms with Crippen LogP contribution in [0.25, 0.3) is 0 Å². The van der Waals surface area contributed by atoms with Crippen LogP contribution in [0.3, 0.4) is 0 Å². The first kappa shape index (κ1) is 11.4. The van der Waals surface area contributed by atoms with Gasteiger partial charge >= 0.3 is 0 Å². The van der Waals surface area contributed by atoms with E-state index in [0.29, 0.717) is 32.8 Å². The molecule has 1 atom stereocenters. The van der Waals surface area contributed by atoms with E-state index in [4.69, 9.17) is 10.00 Å². The van der Waals surface area contributed by atoms with Gasteiger partial charge in [0.15, 0.2) is 0 Å². The molecule has 0 N–H and O–H groups in total. The van der Waals surface area contributed by atoms with E-state index in [-0.39, 0.29) is 11.9 Å². The van der Waals surface area contributed by atoms with Gasteiger partial charge in [-0.1, -0.05) is 0 Å². The van der Waals surface area contributed by atoms with E-state index in [1.165, 1.54) is 0 Å². The Labute approximate surface area is 95.6 Å². The molecule has 16 heavy (non-hydrogen) atoms. The molecular formula is C11H17N3O2. The highest BCUT2D eigenvalue weighted by molar-refractivity contribution is 5.78. The van der Waals surface area contributed by atoms with Crippen LogP contribution in [0.1, 0.15) is 12.8 Å². The van der Waals surface area contributed by atoms with E-state index in [1.54, 1.807) is 0 Å². The van der Waals surface area contributed by atoms with Crippen LogP contribution in [0.5, 0.6) is 0 Å². The van der Waals surface area contributed by atoms with Gasteiger partial charge in [-0.2, -0.15) is 5.26 Å². The van der Waals surface area contributed by atoms with Crippen molar-refractivity contribution in [1.82, 2.24) is 9.80 Å². The quantitative estimate of drug-likeness (QED) is 0.652. The summed E-state index contributed by atoms with van der Waals surface area (Å²) in [6.45, 7) is 3.89. The largest absolute Gasteiger partial charge is 0.378 e. The molecule has 2 rings (SSSR count). The molecule has 2 aliphatic rings. The molecule has 1 unspecified atom stereocenters. The predicted octanol–water partition coefficient (Wildman–Crippen LogP) is -0.167. The third-order valence-electron chi connectivity index (χ3n) is 3.21. The topological polar surface area (TPSA) is 56.6 Å². The fourth-order valence-electron chi connectivity index (χ4n) is 2.25. The Morgan fingerprint density at radius 1 is 1.38 bits per heavy atom. The van der Waals surface area contributed by atoms with Gasteiger partial charge in [0, 0.05) is 19.6 Å². The summed E-state index contributed by atoms with van der Waals surface area (Å²) in [5.41, 5.74) is 0. The summed E-state index contributed by atoms with van der Waals surface area (Å²) in [6.07, 6.45) is 1.92. The first-order chi connectivity index (χ1) is 7.81. The Balaban J connectivity index is 1.84. The van der Waals surface area contributed by atoms with Gasteiger partial charge in [-0.15, -0.1) is 0 Å². The second-order valence-corrected chi connectivity index (χ2v) is 4.25. The van der Waals surface area contributed by atoms with Crippen molar-refractivity contribution in [1.29, 1.82) is 5.26 Å². The SMILES string of the molecule is N#CC1CCCN1CC(=O)N1CCOCC1. The van der Waals surface area contributed by atoms with Crippen molar-refractivity contribution in [2.24, 2.45) is 0 Å². The van der Waals surface area contributed by atoms with E-state index in [1.807, 2.05) is 9.80 Å². The lowest BCUT2D eigenvalue weighted by molar-refractivity contribution is -0.136. The summed E-state index contributed by atoms with van der Waals surface area (Å²) in [5.74, 6) is 0.130. The van der Waals surface area contributed by atoms with Crippen molar-refractivity contribution in [2.45, 2.75) is 18.9 Å². The highest BCUT2D eigenvalue weighted by Crippen LogP contribution is 2.16. The lowest BCUT2D eigenvalue weighted by Gasteiger charge is -2.29. The van der Waals surface area contributed by atoms with Crippen LogP contribution in [-0.2, 0) is 9.53 Å². The van der Waals surface area contributed by atoms with Gasteiger partial charge in [0.2, 0.25) is 5.91 Å². The van der Waals surface area contributed by atoms with Crippen LogP contribution in [0.2, 0.25) is 0 Å². The summed E-state index contributed by atoms with van der Waals surface area (Å²) < 4.78 is 5.20. The van der Waals surface area contributed by atoms with Gasteiger partial charge in [-0.25, -0.2) is 0 Å². The first-order valence-electron chi connectivity index (χ1n) is 5.80. The Morgan fingerprint density at radius 3 is 2.81 bits per heavy atom. The molecule has 0 aromatic heterocycles. The van der Waals surface area contributed by atoms with E-state index in [2.05, 4.69) is 6.07 Å². The normalized spacial score (nSPS) is 26.7. The zero-order chi connectivity index (χ0) is 11.4. The number of nitrogens with zero attached hydrogens (tertiary/aromatic N) is 3. The van der Waals surface area contributed by atoms with Gasteiger partial charge in [0.25, 0.3) is 0 Å². The molecule has 0 aromatic rings. The summed E-state index contributed by atoms with van der Waals surface area (Å²) in [4.78, 5) is 15.7. The number of carbonyl (C=O) groups is 1. The second-order valence-electron chi connectivity index (χ2n) is 4.25. The lowest BCUT2D eigenvalue weighted by Crippen LogP contribution is -2.46. The van der Waals surface area contributed by atoms with Crippen LogP contribution in [-0.4, -0.2) is 61.1 Å². The van der Waals surface area contributed by atoms with Crippen molar-refractivity contribution in [2.75, 3.05) is 39.4 Å². The molecule has 88 valence electrons. The molecule has 1 amide bonds. The molecule has 0 saturated carbocycles. The monoisotopic (exact) mass is 223 g/mol. The van der Waals surface area contributed by atoms with Crippen molar-refractivity contribution < 1.29 is 9.53 Å². The average molecular weight is 223 g/mol. The highest BCUT2D eigenvalue weighted by Gasteiger charge is 2.28. The van der Waals surface area contributed by atoms with Crippen molar-refractivity contribution in [3.63, 3.8) is 0 Å². The number of hydrogen-bond donors (Lipinski definition) is 0. The molecule has 2 heterocycles. The minimum absolute atomic E-state index is 0.0648. The van der Waals surface area contributed by atoms with Gasteiger partial charge < -0.3 is 9.64 Å². The minimum Gasteiger partial charge on any atom is -0.378 e. The van der Waals surface area contributed by atoms with Crippen LogP contribution in [0, 0.1) is 11.3 Å². The summed E-state index contributed by atoms with van der Waals surface area (Å²) >= 11 is 0. The molecule has 0 bridgehead atoms. The number of amides is 1. The van der Waals surface area contributed by atoms with Crippen LogP contribution >= 0.6 is 0 Å². The Bertz CT molecular complexity index is 294. The number of ether oxygens (including phenoxy) is 1. The zero-order valence-corrected chi connectivity index (χ0v) is 9.39. The van der Waals surface area contributed by atoms with Crippen molar-refractivity contribution >= 4 is 5.91 Å². The van der Waals surface area contributed by atoms with Crippen molar-refractivity contribution in [3.8, 4) is 6.07 Å². The predicted molar refractivity (Wildman–Crippen MR) is 57.6 cm³/mol. The Kier molecular flexibility index (Phi) is 3.75. The van der Waals surface area contributed by atoms with Crippen LogP contribution < -0.4 is 0 Å². The van der Waals surface area contributed by atoms with Gasteiger partial charge in [-0.05, 0) is 12.8 Å². The maximum Gasteiger partial charge on any atom is 0.236 e. The molecule has 2 aliphatic heterocycles. The molecule has 5 nitrogen and oxygen atoms in total. The van der Waals surface area contributed by atoms with E-state index >= 15 is 0 Å². The maximum absolute atomic E-state index is 11.9. The number of rotatable bonds is 2. The number of likely N-dealkylation sites (tertiary alicyclic amines) is 1. The lowest BCUT2D eigenvalue weighted by atomic mass is 10.2. The molecule has 2 fully saturated rings. The molecule has 0 spiro atoms. The summed E-state index contributed by atoms with van der Waals surface area (Å²) in [5, 5.41) is 8.92. The molecule has 0 aliphatic carbocycles. The standard InChI is InChI=1S/C11H17N3O2/c12-8-10-2-1-3-14(10)9-11(15)13-4-6-16-7-5-13/h10H,1-7,9H2. The number of hydrogen-bond acceptors (Lipinski definition) is 4. The summed E-state index contributed by atoms with van der Waals surface area (Å²) in [6, 6.07) is 2.19. The third kappa shape index (κ3) is 2.52. The average Bonchev–Trinajstić information content (AvgIpc) is 2.77. The van der Waals surface area contributed by atoms with Gasteiger partial charge in [0.1, 0.15) is 0 Å². The van der Waals surface area contributed by atoms with Gasteiger partial charge in [-0.3, -0.25) is 9.69 Å². The van der Waals surface area contributed by atoms with E-state index in [0.717, 1.165) is 19.4 Å². The Morgan fingerprint density at radius 2 is 2.12 bits per heavy atom. The fraction of sp³-hybridized carbons (Fsp3) is 0.818. The highest BCUT2D eigenvalue weighted by atomic mass is 16.5. The smallest absolute Gasteiger partial charge is 0.236 e. The maximum atomic E-state index is 11.9. The zero-order valence-electron chi connectivity index (χ0n) is 9.39. The number of nitriles is 1. The molecular weight excluding hydrogens is 206 g/mol. The molecule has 0 aromatic carbocycles. The van der Waals surface area contributed by atoms with Crippen LogP contribution in [0.15, 0.2) is 0 Å². The van der Waals surface area contributed by atoms with Crippen molar-refractivity contribution in [3.05, 3.63) is 0 Å².